The van der Waals surface area contributed by atoms with E-state index in [0.717, 1.165) is 15.2 Å². The van der Waals surface area contributed by atoms with Crippen LogP contribution >= 0.6 is 15.9 Å². The number of fused-ring (bicyclic) bond motifs is 1. The van der Waals surface area contributed by atoms with Crippen molar-refractivity contribution in [2.45, 2.75) is 0 Å². The number of amides is 1. The third kappa shape index (κ3) is 7.04. The maximum Gasteiger partial charge on any atom is 0.343 e. The van der Waals surface area contributed by atoms with Crippen LogP contribution in [0.25, 0.3) is 16.8 Å². The van der Waals surface area contributed by atoms with E-state index >= 15 is 0 Å². The fourth-order valence-electron chi connectivity index (χ4n) is 4.08. The van der Waals surface area contributed by atoms with Gasteiger partial charge in [0.2, 0.25) is 0 Å². The number of esters is 2. The summed E-state index contributed by atoms with van der Waals surface area (Å²) >= 11 is 3.34. The van der Waals surface area contributed by atoms with Crippen molar-refractivity contribution in [1.82, 2.24) is 5.43 Å². The fourth-order valence-corrected chi connectivity index (χ4v) is 4.34. The molecule has 0 spiro atoms. The zero-order valence-electron chi connectivity index (χ0n) is 22.1. The van der Waals surface area contributed by atoms with Gasteiger partial charge < -0.3 is 9.47 Å². The predicted molar refractivity (Wildman–Crippen MR) is 166 cm³/mol. The van der Waals surface area contributed by atoms with Crippen molar-refractivity contribution in [3.05, 3.63) is 148 Å². The summed E-state index contributed by atoms with van der Waals surface area (Å²) in [4.78, 5) is 38.0. The van der Waals surface area contributed by atoms with Crippen molar-refractivity contribution < 1.29 is 23.9 Å². The van der Waals surface area contributed by atoms with Gasteiger partial charge >= 0.3 is 11.9 Å². The van der Waals surface area contributed by atoms with Crippen molar-refractivity contribution in [2.24, 2.45) is 5.10 Å². The zero-order chi connectivity index (χ0) is 29.3. The molecule has 0 aliphatic heterocycles. The van der Waals surface area contributed by atoms with E-state index in [2.05, 4.69) is 26.5 Å². The smallest absolute Gasteiger partial charge is 0.343 e. The van der Waals surface area contributed by atoms with Crippen molar-refractivity contribution in [1.29, 1.82) is 0 Å². The monoisotopic (exact) mass is 618 g/mol. The van der Waals surface area contributed by atoms with Crippen LogP contribution in [0.3, 0.4) is 0 Å². The molecule has 8 heteroatoms. The van der Waals surface area contributed by atoms with Crippen LogP contribution in [0.15, 0.2) is 131 Å². The minimum absolute atomic E-state index is 0.255. The molecule has 0 radical (unpaired) electrons. The molecule has 5 rings (SSSR count). The molecule has 0 saturated carbocycles. The Morgan fingerprint density at radius 1 is 0.690 bits per heavy atom. The first-order valence-corrected chi connectivity index (χ1v) is 13.6. The Kier molecular flexibility index (Phi) is 8.96. The number of hydrogen-bond acceptors (Lipinski definition) is 6. The maximum atomic E-state index is 12.8. The second-order valence-electron chi connectivity index (χ2n) is 8.95. The minimum atomic E-state index is -0.648. The van der Waals surface area contributed by atoms with Crippen molar-refractivity contribution in [3.63, 3.8) is 0 Å². The van der Waals surface area contributed by atoms with Gasteiger partial charge in [-0.15, -0.1) is 0 Å². The van der Waals surface area contributed by atoms with Gasteiger partial charge in [-0.1, -0.05) is 82.7 Å². The lowest BCUT2D eigenvalue weighted by Gasteiger charge is -2.08. The number of para-hydroxylation sites is 2. The molecule has 7 nitrogen and oxygen atoms in total. The summed E-state index contributed by atoms with van der Waals surface area (Å²) < 4.78 is 11.9. The molecule has 0 aromatic heterocycles. The molecule has 1 N–H and O–H groups in total. The molecule has 0 unspecified atom stereocenters. The van der Waals surface area contributed by atoms with Gasteiger partial charge in [-0.3, -0.25) is 4.79 Å². The summed E-state index contributed by atoms with van der Waals surface area (Å²) in [6, 6.07) is 33.5. The first-order valence-electron chi connectivity index (χ1n) is 12.8. The zero-order valence-corrected chi connectivity index (χ0v) is 23.7. The van der Waals surface area contributed by atoms with Crippen LogP contribution in [0.4, 0.5) is 0 Å². The molecule has 0 aliphatic carbocycles. The lowest BCUT2D eigenvalue weighted by atomic mass is 10.0. The van der Waals surface area contributed by atoms with E-state index in [9.17, 15) is 14.4 Å². The van der Waals surface area contributed by atoms with Gasteiger partial charge in [0.1, 0.15) is 11.5 Å². The highest BCUT2D eigenvalue weighted by molar-refractivity contribution is 9.10. The Labute approximate surface area is 250 Å². The highest BCUT2D eigenvalue weighted by Gasteiger charge is 2.12. The SMILES string of the molecule is O=C(/C=C/c1ccccc1OC(=O)c1ccc(Br)cc1)Oc1ccccc1/C=N/NC(=O)c1cccc2ccccc12. The van der Waals surface area contributed by atoms with Gasteiger partial charge in [-0.05, 0) is 65.4 Å². The summed E-state index contributed by atoms with van der Waals surface area (Å²) in [5.74, 6) is -0.981. The molecule has 42 heavy (non-hydrogen) atoms. The summed E-state index contributed by atoms with van der Waals surface area (Å²) in [5, 5.41) is 5.84. The van der Waals surface area contributed by atoms with Crippen LogP contribution in [-0.4, -0.2) is 24.1 Å². The first kappa shape index (κ1) is 28.2. The average molecular weight is 619 g/mol. The molecule has 5 aromatic rings. The Balaban J connectivity index is 1.24. The van der Waals surface area contributed by atoms with E-state index in [1.54, 1.807) is 78.9 Å². The number of rotatable bonds is 8. The van der Waals surface area contributed by atoms with Gasteiger partial charge in [0.15, 0.2) is 0 Å². The second-order valence-corrected chi connectivity index (χ2v) is 9.87. The quantitative estimate of drug-likeness (QED) is 0.0652. The number of halogens is 1. The number of hydrazone groups is 1. The standard InChI is InChI=1S/C34H23BrN2O5/c35-27-19-16-25(17-20-27)34(40)42-30-14-5-2-9-24(30)18-21-32(38)41-31-15-6-3-10-26(31)22-36-37-33(39)29-13-7-11-23-8-1-4-12-28(23)29/h1-22H,(H,37,39)/b21-18+,36-22+. The van der Waals surface area contributed by atoms with Crippen LogP contribution in [0, 0.1) is 0 Å². The number of nitrogens with one attached hydrogen (secondary N) is 1. The average Bonchev–Trinajstić information content (AvgIpc) is 3.01. The van der Waals surface area contributed by atoms with Gasteiger partial charge in [-0.2, -0.15) is 5.10 Å². The molecule has 206 valence electrons. The number of benzene rings is 5. The molecule has 0 bridgehead atoms. The number of ether oxygens (including phenoxy) is 2. The maximum absolute atomic E-state index is 12.8. The highest BCUT2D eigenvalue weighted by atomic mass is 79.9. The third-order valence-corrected chi connectivity index (χ3v) is 6.66. The Morgan fingerprint density at radius 3 is 2.12 bits per heavy atom. The largest absolute Gasteiger partial charge is 0.423 e. The molecule has 0 heterocycles. The summed E-state index contributed by atoms with van der Waals surface area (Å²) in [6.45, 7) is 0. The molecule has 0 aliphatic rings. The minimum Gasteiger partial charge on any atom is -0.423 e. The van der Waals surface area contributed by atoms with E-state index in [4.69, 9.17) is 9.47 Å². The highest BCUT2D eigenvalue weighted by Crippen LogP contribution is 2.23. The Morgan fingerprint density at radius 2 is 1.33 bits per heavy atom. The van der Waals surface area contributed by atoms with Crippen molar-refractivity contribution in [3.8, 4) is 11.5 Å². The number of hydrogen-bond donors (Lipinski definition) is 1. The van der Waals surface area contributed by atoms with Crippen LogP contribution in [0.5, 0.6) is 11.5 Å². The van der Waals surface area contributed by atoms with E-state index < -0.39 is 11.9 Å². The van der Waals surface area contributed by atoms with Crippen LogP contribution in [0.1, 0.15) is 31.8 Å². The van der Waals surface area contributed by atoms with Gasteiger partial charge in [0.05, 0.1) is 11.8 Å². The van der Waals surface area contributed by atoms with E-state index in [0.29, 0.717) is 28.0 Å². The van der Waals surface area contributed by atoms with Gasteiger partial charge in [0, 0.05) is 27.2 Å². The van der Waals surface area contributed by atoms with Crippen molar-refractivity contribution in [2.75, 3.05) is 0 Å². The third-order valence-electron chi connectivity index (χ3n) is 6.13. The van der Waals surface area contributed by atoms with Crippen molar-refractivity contribution >= 4 is 56.8 Å². The molecule has 0 fully saturated rings. The fraction of sp³-hybridized carbons (Fsp3) is 0. The molecule has 5 aromatic carbocycles. The Bertz CT molecular complexity index is 1820. The van der Waals surface area contributed by atoms with Crippen LogP contribution in [-0.2, 0) is 4.79 Å². The molecule has 0 saturated heterocycles. The summed E-state index contributed by atoms with van der Waals surface area (Å²) in [5.41, 5.74) is 4.43. The number of nitrogens with zero attached hydrogens (tertiary/aromatic N) is 1. The van der Waals surface area contributed by atoms with E-state index in [-0.39, 0.29) is 11.7 Å². The summed E-state index contributed by atoms with van der Waals surface area (Å²) in [6.07, 6.45) is 4.16. The predicted octanol–water partition coefficient (Wildman–Crippen LogP) is 7.20. The molecular weight excluding hydrogens is 596 g/mol. The molecule has 1 amide bonds. The topological polar surface area (TPSA) is 94.1 Å². The van der Waals surface area contributed by atoms with E-state index in [1.165, 1.54) is 18.4 Å². The van der Waals surface area contributed by atoms with Gasteiger partial charge in [-0.25, -0.2) is 15.0 Å². The number of carbonyl (C=O) groups excluding carboxylic acids is 3. The molecule has 0 atom stereocenters. The normalized spacial score (nSPS) is 11.1. The van der Waals surface area contributed by atoms with E-state index in [1.807, 2.05) is 36.4 Å². The lowest BCUT2D eigenvalue weighted by Crippen LogP contribution is -2.18. The van der Waals surface area contributed by atoms with Crippen LogP contribution < -0.4 is 14.9 Å². The van der Waals surface area contributed by atoms with Gasteiger partial charge in [0.25, 0.3) is 5.91 Å². The number of carbonyl (C=O) groups is 3. The lowest BCUT2D eigenvalue weighted by molar-refractivity contribution is -0.128. The molecular formula is C34H23BrN2O5. The first-order chi connectivity index (χ1) is 20.5. The van der Waals surface area contributed by atoms with Crippen LogP contribution in [0.2, 0.25) is 0 Å². The second kappa shape index (κ2) is 13.3. The summed E-state index contributed by atoms with van der Waals surface area (Å²) in [7, 11) is 0. The Hall–Kier alpha value is -5.34.